The number of aryl methyl sites for hydroxylation is 1. The molecule has 0 saturated heterocycles. The van der Waals surface area contributed by atoms with E-state index in [9.17, 15) is 4.79 Å². The molecule has 1 amide bonds. The van der Waals surface area contributed by atoms with Crippen molar-refractivity contribution in [1.29, 1.82) is 0 Å². The number of thiol groups is 1. The second kappa shape index (κ2) is 3.72. The average molecular weight is 239 g/mol. The molecule has 0 fully saturated rings. The van der Waals surface area contributed by atoms with Gasteiger partial charge < -0.3 is 0 Å². The van der Waals surface area contributed by atoms with E-state index in [0.717, 1.165) is 5.69 Å². The van der Waals surface area contributed by atoms with Crippen LogP contribution in [-0.2, 0) is 0 Å². The van der Waals surface area contributed by atoms with E-state index in [1.807, 2.05) is 0 Å². The van der Waals surface area contributed by atoms with E-state index in [1.165, 1.54) is 11.6 Å². The van der Waals surface area contributed by atoms with E-state index < -0.39 is 5.91 Å². The van der Waals surface area contributed by atoms with Crippen molar-refractivity contribution in [2.75, 3.05) is 7.05 Å². The minimum absolute atomic E-state index is 0.126. The lowest BCUT2D eigenvalue weighted by atomic mass is 10.5. The SMILES string of the molecule is Cc1cc(S)n2nc(C(=O)N(C)O)nc2n1. The standard InChI is InChI=1S/C8H9N5O2S/c1-4-3-5(16)13-8(9-4)10-6(11-13)7(14)12(2)15/h3,15-16H,1-2H3. The molecule has 0 aliphatic rings. The lowest BCUT2D eigenvalue weighted by Gasteiger charge is -2.02. The van der Waals surface area contributed by atoms with E-state index in [-0.39, 0.29) is 11.6 Å². The van der Waals surface area contributed by atoms with Gasteiger partial charge in [0.25, 0.3) is 5.78 Å². The van der Waals surface area contributed by atoms with Crippen LogP contribution >= 0.6 is 12.6 Å². The highest BCUT2D eigenvalue weighted by Gasteiger charge is 2.17. The molecule has 0 saturated carbocycles. The molecule has 0 aromatic carbocycles. The topological polar surface area (TPSA) is 83.6 Å². The van der Waals surface area contributed by atoms with Gasteiger partial charge in [-0.2, -0.15) is 9.50 Å². The Morgan fingerprint density at radius 3 is 2.88 bits per heavy atom. The highest BCUT2D eigenvalue weighted by Crippen LogP contribution is 2.10. The van der Waals surface area contributed by atoms with Gasteiger partial charge in [0.2, 0.25) is 5.82 Å². The first-order valence-electron chi connectivity index (χ1n) is 4.39. The van der Waals surface area contributed by atoms with Crippen molar-refractivity contribution in [2.45, 2.75) is 11.9 Å². The molecule has 0 aliphatic carbocycles. The summed E-state index contributed by atoms with van der Waals surface area (Å²) in [6.45, 7) is 1.79. The van der Waals surface area contributed by atoms with Crippen molar-refractivity contribution < 1.29 is 10.0 Å². The molecule has 0 spiro atoms. The number of hydrogen-bond acceptors (Lipinski definition) is 6. The number of amides is 1. The van der Waals surface area contributed by atoms with Crippen LogP contribution in [0.4, 0.5) is 0 Å². The number of aromatic nitrogens is 4. The summed E-state index contributed by atoms with van der Waals surface area (Å²) in [4.78, 5) is 19.4. The van der Waals surface area contributed by atoms with Gasteiger partial charge >= 0.3 is 5.91 Å². The number of carbonyl (C=O) groups is 1. The van der Waals surface area contributed by atoms with Gasteiger partial charge in [-0.3, -0.25) is 10.0 Å². The fraction of sp³-hybridized carbons (Fsp3) is 0.250. The summed E-state index contributed by atoms with van der Waals surface area (Å²) in [5, 5.41) is 13.8. The predicted molar refractivity (Wildman–Crippen MR) is 56.7 cm³/mol. The Labute approximate surface area is 96.1 Å². The number of fused-ring (bicyclic) bond motifs is 1. The van der Waals surface area contributed by atoms with Gasteiger partial charge in [0, 0.05) is 12.7 Å². The Bertz CT molecular complexity index is 565. The zero-order chi connectivity index (χ0) is 11.9. The summed E-state index contributed by atoms with van der Waals surface area (Å²) in [5.74, 6) is -0.551. The average Bonchev–Trinajstić information content (AvgIpc) is 2.60. The molecule has 0 bridgehead atoms. The molecular weight excluding hydrogens is 230 g/mol. The minimum Gasteiger partial charge on any atom is -0.286 e. The van der Waals surface area contributed by atoms with E-state index in [1.54, 1.807) is 13.0 Å². The summed E-state index contributed by atoms with van der Waals surface area (Å²) in [7, 11) is 1.20. The molecule has 0 unspecified atom stereocenters. The molecule has 2 heterocycles. The lowest BCUT2D eigenvalue weighted by Crippen LogP contribution is -2.23. The Balaban J connectivity index is 2.60. The molecule has 2 rings (SSSR count). The van der Waals surface area contributed by atoms with Crippen molar-refractivity contribution in [3.8, 4) is 0 Å². The summed E-state index contributed by atoms with van der Waals surface area (Å²) in [6, 6.07) is 1.70. The molecule has 0 atom stereocenters. The first kappa shape index (κ1) is 10.8. The fourth-order valence-corrected chi connectivity index (χ4v) is 1.52. The van der Waals surface area contributed by atoms with Crippen LogP contribution in [0.5, 0.6) is 0 Å². The molecule has 8 heteroatoms. The molecule has 2 aromatic rings. The van der Waals surface area contributed by atoms with Gasteiger partial charge in [0.05, 0.1) is 0 Å². The van der Waals surface area contributed by atoms with Crippen LogP contribution in [0.2, 0.25) is 0 Å². The smallest absolute Gasteiger partial charge is 0.286 e. The first-order chi connectivity index (χ1) is 7.49. The van der Waals surface area contributed by atoms with Gasteiger partial charge in [-0.15, -0.1) is 17.7 Å². The largest absolute Gasteiger partial charge is 0.316 e. The third kappa shape index (κ3) is 1.72. The van der Waals surface area contributed by atoms with E-state index in [4.69, 9.17) is 5.21 Å². The van der Waals surface area contributed by atoms with Gasteiger partial charge in [0.15, 0.2) is 0 Å². The maximum Gasteiger partial charge on any atom is 0.316 e. The minimum atomic E-state index is -0.698. The van der Waals surface area contributed by atoms with Crippen molar-refractivity contribution >= 4 is 24.3 Å². The molecule has 84 valence electrons. The van der Waals surface area contributed by atoms with E-state index in [2.05, 4.69) is 27.7 Å². The van der Waals surface area contributed by atoms with Crippen molar-refractivity contribution in [3.05, 3.63) is 17.6 Å². The van der Waals surface area contributed by atoms with E-state index in [0.29, 0.717) is 10.1 Å². The number of carbonyl (C=O) groups excluding carboxylic acids is 1. The van der Waals surface area contributed by atoms with Gasteiger partial charge in [0.1, 0.15) is 5.03 Å². The van der Waals surface area contributed by atoms with Gasteiger partial charge in [-0.05, 0) is 13.0 Å². The number of nitrogens with zero attached hydrogens (tertiary/aromatic N) is 5. The fourth-order valence-electron chi connectivity index (χ4n) is 1.20. The number of rotatable bonds is 1. The molecular formula is C8H9N5O2S. The predicted octanol–water partition coefficient (Wildman–Crippen LogP) is 0.183. The van der Waals surface area contributed by atoms with Crippen LogP contribution in [-0.4, -0.2) is 42.8 Å². The highest BCUT2D eigenvalue weighted by molar-refractivity contribution is 7.80. The maximum atomic E-state index is 11.4. The molecule has 1 N–H and O–H groups in total. The van der Waals surface area contributed by atoms with Crippen molar-refractivity contribution in [1.82, 2.24) is 24.6 Å². The monoisotopic (exact) mass is 239 g/mol. The van der Waals surface area contributed by atoms with Crippen molar-refractivity contribution in [2.24, 2.45) is 0 Å². The van der Waals surface area contributed by atoms with Crippen LogP contribution in [0, 0.1) is 6.92 Å². The zero-order valence-electron chi connectivity index (χ0n) is 8.62. The Kier molecular flexibility index (Phi) is 2.52. The second-order valence-corrected chi connectivity index (χ2v) is 3.69. The van der Waals surface area contributed by atoms with E-state index >= 15 is 0 Å². The second-order valence-electron chi connectivity index (χ2n) is 3.23. The van der Waals surface area contributed by atoms with Gasteiger partial charge in [-0.25, -0.2) is 10.0 Å². The molecule has 16 heavy (non-hydrogen) atoms. The first-order valence-corrected chi connectivity index (χ1v) is 4.84. The summed E-state index contributed by atoms with van der Waals surface area (Å²) >= 11 is 4.19. The van der Waals surface area contributed by atoms with Crippen LogP contribution in [0.25, 0.3) is 5.78 Å². The molecule has 7 nitrogen and oxygen atoms in total. The maximum absolute atomic E-state index is 11.4. The van der Waals surface area contributed by atoms with Gasteiger partial charge in [-0.1, -0.05) is 0 Å². The number of hydroxylamine groups is 2. The lowest BCUT2D eigenvalue weighted by molar-refractivity contribution is -0.0384. The number of hydrogen-bond donors (Lipinski definition) is 2. The molecule has 0 aliphatic heterocycles. The third-order valence-corrected chi connectivity index (χ3v) is 2.23. The Morgan fingerprint density at radius 1 is 1.56 bits per heavy atom. The summed E-state index contributed by atoms with van der Waals surface area (Å²) in [5.41, 5.74) is 0.723. The quantitative estimate of drug-likeness (QED) is 0.321. The Hall–Kier alpha value is -1.67. The normalized spacial score (nSPS) is 10.8. The Morgan fingerprint density at radius 2 is 2.25 bits per heavy atom. The molecule has 0 radical (unpaired) electrons. The van der Waals surface area contributed by atoms with Crippen LogP contribution in [0.1, 0.15) is 16.3 Å². The third-order valence-electron chi connectivity index (χ3n) is 1.91. The van der Waals surface area contributed by atoms with Crippen LogP contribution < -0.4 is 0 Å². The zero-order valence-corrected chi connectivity index (χ0v) is 9.51. The summed E-state index contributed by atoms with van der Waals surface area (Å²) < 4.78 is 1.33. The highest BCUT2D eigenvalue weighted by atomic mass is 32.1. The molecule has 2 aromatic heterocycles. The van der Waals surface area contributed by atoms with Crippen LogP contribution in [0.15, 0.2) is 11.1 Å². The van der Waals surface area contributed by atoms with Crippen LogP contribution in [0.3, 0.4) is 0 Å². The summed E-state index contributed by atoms with van der Waals surface area (Å²) in [6.07, 6.45) is 0. The van der Waals surface area contributed by atoms with Crippen molar-refractivity contribution in [3.63, 3.8) is 0 Å².